The van der Waals surface area contributed by atoms with E-state index in [0.717, 1.165) is 11.3 Å². The predicted octanol–water partition coefficient (Wildman–Crippen LogP) is 1.08. The van der Waals surface area contributed by atoms with E-state index >= 15 is 0 Å². The zero-order valence-electron chi connectivity index (χ0n) is 9.14. The van der Waals surface area contributed by atoms with Gasteiger partial charge in [-0.25, -0.2) is 0 Å². The van der Waals surface area contributed by atoms with Gasteiger partial charge in [0.2, 0.25) is 0 Å². The molecule has 1 aromatic rings. The lowest BCUT2D eigenvalue weighted by Crippen LogP contribution is -2.20. The average molecular weight is 221 g/mol. The second-order valence-electron chi connectivity index (χ2n) is 3.99. The minimum Gasteiger partial charge on any atom is -0.497 e. The van der Waals surface area contributed by atoms with Gasteiger partial charge in [0.15, 0.2) is 0 Å². The Balaban J connectivity index is 2.25. The maximum atomic E-state index is 11.1. The van der Waals surface area contributed by atoms with Crippen LogP contribution in [0.1, 0.15) is 11.5 Å². The largest absolute Gasteiger partial charge is 0.497 e. The van der Waals surface area contributed by atoms with Gasteiger partial charge in [-0.1, -0.05) is 12.1 Å². The minimum atomic E-state index is -0.738. The monoisotopic (exact) mass is 221 g/mol. The number of aliphatic carboxylic acids is 1. The number of rotatable bonds is 3. The van der Waals surface area contributed by atoms with Crippen LogP contribution in [0.25, 0.3) is 0 Å². The van der Waals surface area contributed by atoms with Gasteiger partial charge in [-0.3, -0.25) is 4.79 Å². The van der Waals surface area contributed by atoms with E-state index in [0.29, 0.717) is 13.1 Å². The number of ether oxygens (including phenoxy) is 1. The summed E-state index contributed by atoms with van der Waals surface area (Å²) >= 11 is 0. The van der Waals surface area contributed by atoms with Crippen molar-refractivity contribution in [3.8, 4) is 5.75 Å². The number of carbonyl (C=O) groups is 1. The van der Waals surface area contributed by atoms with Crippen molar-refractivity contribution in [1.29, 1.82) is 0 Å². The van der Waals surface area contributed by atoms with E-state index in [-0.39, 0.29) is 11.8 Å². The Hall–Kier alpha value is -1.55. The van der Waals surface area contributed by atoms with Crippen molar-refractivity contribution < 1.29 is 14.6 Å². The first kappa shape index (κ1) is 11.0. The molecule has 2 N–H and O–H groups in total. The molecule has 4 heteroatoms. The topological polar surface area (TPSA) is 58.6 Å². The maximum Gasteiger partial charge on any atom is 0.308 e. The van der Waals surface area contributed by atoms with Gasteiger partial charge in [0.1, 0.15) is 5.75 Å². The van der Waals surface area contributed by atoms with Crippen molar-refractivity contribution in [3.05, 3.63) is 29.8 Å². The van der Waals surface area contributed by atoms with Crippen LogP contribution in [0.2, 0.25) is 0 Å². The number of hydrogen-bond acceptors (Lipinski definition) is 3. The molecule has 16 heavy (non-hydrogen) atoms. The molecule has 0 bridgehead atoms. The Labute approximate surface area is 94.2 Å². The van der Waals surface area contributed by atoms with Gasteiger partial charge < -0.3 is 15.2 Å². The molecule has 0 unspecified atom stereocenters. The lowest BCUT2D eigenvalue weighted by atomic mass is 9.89. The number of carboxylic acid groups (broad SMARTS) is 1. The fourth-order valence-electron chi connectivity index (χ4n) is 2.16. The van der Waals surface area contributed by atoms with E-state index in [2.05, 4.69) is 5.32 Å². The molecular formula is C12H15NO3. The first-order valence-corrected chi connectivity index (χ1v) is 5.30. The highest BCUT2D eigenvalue weighted by Crippen LogP contribution is 2.30. The number of methoxy groups -OCH3 is 1. The highest BCUT2D eigenvalue weighted by Gasteiger charge is 2.33. The molecular weight excluding hydrogens is 206 g/mol. The summed E-state index contributed by atoms with van der Waals surface area (Å²) in [7, 11) is 1.61. The Morgan fingerprint density at radius 3 is 3.00 bits per heavy atom. The summed E-state index contributed by atoms with van der Waals surface area (Å²) in [5.74, 6) is -0.272. The third-order valence-corrected chi connectivity index (χ3v) is 3.05. The van der Waals surface area contributed by atoms with E-state index in [4.69, 9.17) is 9.84 Å². The second kappa shape index (κ2) is 4.53. The van der Waals surface area contributed by atoms with Gasteiger partial charge in [0, 0.05) is 19.0 Å². The molecule has 1 saturated heterocycles. The molecule has 0 radical (unpaired) electrons. The quantitative estimate of drug-likeness (QED) is 0.802. The molecule has 0 aromatic heterocycles. The summed E-state index contributed by atoms with van der Waals surface area (Å²) in [6, 6.07) is 7.62. The summed E-state index contributed by atoms with van der Waals surface area (Å²) in [5.41, 5.74) is 1.02. The van der Waals surface area contributed by atoms with Crippen LogP contribution >= 0.6 is 0 Å². The van der Waals surface area contributed by atoms with Crippen molar-refractivity contribution >= 4 is 5.97 Å². The van der Waals surface area contributed by atoms with Gasteiger partial charge in [-0.2, -0.15) is 0 Å². The fourth-order valence-corrected chi connectivity index (χ4v) is 2.16. The summed E-state index contributed by atoms with van der Waals surface area (Å²) in [5, 5.41) is 12.2. The standard InChI is InChI=1S/C12H15NO3/c1-16-9-4-2-3-8(5-9)10-6-13-7-11(10)12(14)15/h2-5,10-11,13H,6-7H2,1H3,(H,14,15)/t10-,11-/m1/s1. The normalized spacial score (nSPS) is 24.3. The van der Waals surface area contributed by atoms with Gasteiger partial charge in [0.05, 0.1) is 13.0 Å². The molecule has 4 nitrogen and oxygen atoms in total. The molecule has 0 spiro atoms. The van der Waals surface area contributed by atoms with Crippen molar-refractivity contribution in [1.82, 2.24) is 5.32 Å². The summed E-state index contributed by atoms with van der Waals surface area (Å²) in [6.45, 7) is 1.25. The number of nitrogens with one attached hydrogen (secondary N) is 1. The van der Waals surface area contributed by atoms with Gasteiger partial charge in [0.25, 0.3) is 0 Å². The highest BCUT2D eigenvalue weighted by molar-refractivity contribution is 5.72. The third-order valence-electron chi connectivity index (χ3n) is 3.05. The van der Waals surface area contributed by atoms with Crippen LogP contribution in [0.4, 0.5) is 0 Å². The Bertz CT molecular complexity index is 392. The average Bonchev–Trinajstić information content (AvgIpc) is 2.78. The van der Waals surface area contributed by atoms with Crippen LogP contribution in [0.3, 0.4) is 0 Å². The fraction of sp³-hybridized carbons (Fsp3) is 0.417. The summed E-state index contributed by atoms with van der Waals surface area (Å²) < 4.78 is 5.14. The smallest absolute Gasteiger partial charge is 0.308 e. The molecule has 1 heterocycles. The minimum absolute atomic E-state index is 0.0348. The SMILES string of the molecule is COc1cccc([C@H]2CNC[C@H]2C(=O)O)c1. The molecule has 0 aliphatic carbocycles. The lowest BCUT2D eigenvalue weighted by molar-refractivity contribution is -0.141. The van der Waals surface area contributed by atoms with Crippen LogP contribution in [0.15, 0.2) is 24.3 Å². The van der Waals surface area contributed by atoms with Crippen LogP contribution < -0.4 is 10.1 Å². The lowest BCUT2D eigenvalue weighted by Gasteiger charge is -2.15. The number of hydrogen-bond donors (Lipinski definition) is 2. The van der Waals surface area contributed by atoms with E-state index in [1.165, 1.54) is 0 Å². The molecule has 1 fully saturated rings. The Morgan fingerprint density at radius 1 is 1.50 bits per heavy atom. The third kappa shape index (κ3) is 2.02. The molecule has 86 valence electrons. The Morgan fingerprint density at radius 2 is 2.31 bits per heavy atom. The van der Waals surface area contributed by atoms with Crippen molar-refractivity contribution in [2.75, 3.05) is 20.2 Å². The van der Waals surface area contributed by atoms with Gasteiger partial charge >= 0.3 is 5.97 Å². The maximum absolute atomic E-state index is 11.1. The molecule has 0 amide bonds. The number of benzene rings is 1. The zero-order chi connectivity index (χ0) is 11.5. The van der Waals surface area contributed by atoms with Crippen LogP contribution in [-0.4, -0.2) is 31.3 Å². The van der Waals surface area contributed by atoms with E-state index in [9.17, 15) is 4.79 Å². The van der Waals surface area contributed by atoms with Crippen LogP contribution in [0, 0.1) is 5.92 Å². The van der Waals surface area contributed by atoms with Gasteiger partial charge in [-0.15, -0.1) is 0 Å². The van der Waals surface area contributed by atoms with Crippen LogP contribution in [0.5, 0.6) is 5.75 Å². The van der Waals surface area contributed by atoms with Crippen molar-refractivity contribution in [2.24, 2.45) is 5.92 Å². The molecule has 1 aliphatic heterocycles. The first-order chi connectivity index (χ1) is 7.72. The molecule has 2 rings (SSSR count). The summed E-state index contributed by atoms with van der Waals surface area (Å²) in [4.78, 5) is 11.1. The van der Waals surface area contributed by atoms with Gasteiger partial charge in [-0.05, 0) is 17.7 Å². The predicted molar refractivity (Wildman–Crippen MR) is 59.7 cm³/mol. The van der Waals surface area contributed by atoms with Crippen molar-refractivity contribution in [3.63, 3.8) is 0 Å². The molecule has 0 saturated carbocycles. The number of carboxylic acids is 1. The molecule has 1 aliphatic rings. The summed E-state index contributed by atoms with van der Waals surface area (Å²) in [6.07, 6.45) is 0. The Kier molecular flexibility index (Phi) is 3.10. The highest BCUT2D eigenvalue weighted by atomic mass is 16.5. The zero-order valence-corrected chi connectivity index (χ0v) is 9.14. The molecule has 2 atom stereocenters. The van der Waals surface area contributed by atoms with E-state index in [1.54, 1.807) is 7.11 Å². The first-order valence-electron chi connectivity index (χ1n) is 5.30. The second-order valence-corrected chi connectivity index (χ2v) is 3.99. The van der Waals surface area contributed by atoms with Crippen LogP contribution in [-0.2, 0) is 4.79 Å². The van der Waals surface area contributed by atoms with E-state index < -0.39 is 5.97 Å². The molecule has 1 aromatic carbocycles. The van der Waals surface area contributed by atoms with E-state index in [1.807, 2.05) is 24.3 Å². The van der Waals surface area contributed by atoms with Crippen molar-refractivity contribution in [2.45, 2.75) is 5.92 Å².